The maximum atomic E-state index is 11.6. The summed E-state index contributed by atoms with van der Waals surface area (Å²) in [6.45, 7) is 3.55. The fraction of sp³-hybridized carbons (Fsp3) is 0.286. The van der Waals surface area contributed by atoms with Crippen LogP contribution in [0.5, 0.6) is 0 Å². The van der Waals surface area contributed by atoms with Gasteiger partial charge in [-0.1, -0.05) is 23.7 Å². The van der Waals surface area contributed by atoms with E-state index in [2.05, 4.69) is 20.4 Å². The molecule has 6 heteroatoms. The number of nitrogens with one attached hydrogen (secondary N) is 2. The third kappa shape index (κ3) is 2.69. The molecule has 3 rings (SSSR count). The zero-order chi connectivity index (χ0) is 13.9. The average Bonchev–Trinajstić information content (AvgIpc) is 2.49. The van der Waals surface area contributed by atoms with Gasteiger partial charge >= 0.3 is 0 Å². The van der Waals surface area contributed by atoms with E-state index in [-0.39, 0.29) is 5.56 Å². The molecular weight excluding hydrogens is 276 g/mol. The zero-order valence-electron chi connectivity index (χ0n) is 10.9. The molecule has 0 bridgehead atoms. The Kier molecular flexibility index (Phi) is 3.71. The minimum Gasteiger partial charge on any atom is -0.367 e. The number of piperazine rings is 1. The van der Waals surface area contributed by atoms with Crippen molar-refractivity contribution in [2.75, 3.05) is 31.1 Å². The molecule has 1 aliphatic heterocycles. The highest BCUT2D eigenvalue weighted by Crippen LogP contribution is 2.28. The Balaban J connectivity index is 2.05. The van der Waals surface area contributed by atoms with Gasteiger partial charge in [0.1, 0.15) is 5.69 Å². The van der Waals surface area contributed by atoms with Crippen molar-refractivity contribution in [3.63, 3.8) is 0 Å². The molecule has 1 saturated heterocycles. The minimum absolute atomic E-state index is 0.184. The molecule has 0 unspecified atom stereocenters. The van der Waals surface area contributed by atoms with Crippen LogP contribution in [0.4, 0.5) is 5.69 Å². The van der Waals surface area contributed by atoms with E-state index in [1.165, 1.54) is 0 Å². The van der Waals surface area contributed by atoms with E-state index in [1.807, 2.05) is 24.3 Å². The Morgan fingerprint density at radius 1 is 1.15 bits per heavy atom. The second kappa shape index (κ2) is 5.64. The summed E-state index contributed by atoms with van der Waals surface area (Å²) in [5.41, 5.74) is 2.41. The van der Waals surface area contributed by atoms with E-state index in [0.29, 0.717) is 5.02 Å². The maximum absolute atomic E-state index is 11.6. The molecule has 0 amide bonds. The first kappa shape index (κ1) is 13.1. The van der Waals surface area contributed by atoms with Gasteiger partial charge in [-0.15, -0.1) is 0 Å². The first-order valence-electron chi connectivity index (χ1n) is 6.55. The zero-order valence-corrected chi connectivity index (χ0v) is 11.7. The SMILES string of the molecule is O=c1cc(N2CCNCC2)c(-c2ccc(Cl)cc2)n[nH]1. The van der Waals surface area contributed by atoms with Crippen molar-refractivity contribution in [2.45, 2.75) is 0 Å². The number of rotatable bonds is 2. The molecule has 0 spiro atoms. The largest absolute Gasteiger partial charge is 0.367 e. The van der Waals surface area contributed by atoms with Gasteiger partial charge in [0, 0.05) is 42.8 Å². The van der Waals surface area contributed by atoms with Crippen LogP contribution in [0.3, 0.4) is 0 Å². The van der Waals surface area contributed by atoms with Crippen molar-refractivity contribution in [1.29, 1.82) is 0 Å². The number of aromatic nitrogens is 2. The van der Waals surface area contributed by atoms with Crippen molar-refractivity contribution in [2.24, 2.45) is 0 Å². The number of H-pyrrole nitrogens is 1. The van der Waals surface area contributed by atoms with Gasteiger partial charge in [0.05, 0.1) is 5.69 Å². The predicted octanol–water partition coefficient (Wildman–Crippen LogP) is 1.50. The van der Waals surface area contributed by atoms with E-state index in [0.717, 1.165) is 43.1 Å². The van der Waals surface area contributed by atoms with Crippen molar-refractivity contribution in [3.8, 4) is 11.3 Å². The lowest BCUT2D eigenvalue weighted by Gasteiger charge is -2.30. The Bertz CT molecular complexity index is 647. The summed E-state index contributed by atoms with van der Waals surface area (Å²) < 4.78 is 0. The van der Waals surface area contributed by atoms with Gasteiger partial charge in [-0.2, -0.15) is 5.10 Å². The fourth-order valence-corrected chi connectivity index (χ4v) is 2.49. The monoisotopic (exact) mass is 290 g/mol. The van der Waals surface area contributed by atoms with Crippen LogP contribution in [0.2, 0.25) is 5.02 Å². The normalized spacial score (nSPS) is 15.3. The summed E-state index contributed by atoms with van der Waals surface area (Å²) >= 11 is 5.92. The lowest BCUT2D eigenvalue weighted by Crippen LogP contribution is -2.44. The molecule has 0 atom stereocenters. The van der Waals surface area contributed by atoms with E-state index >= 15 is 0 Å². The van der Waals surface area contributed by atoms with Gasteiger partial charge in [0.2, 0.25) is 0 Å². The smallest absolute Gasteiger partial charge is 0.266 e. The van der Waals surface area contributed by atoms with Gasteiger partial charge in [-0.25, -0.2) is 5.10 Å². The molecule has 2 heterocycles. The predicted molar refractivity (Wildman–Crippen MR) is 80.4 cm³/mol. The summed E-state index contributed by atoms with van der Waals surface area (Å²) in [7, 11) is 0. The number of nitrogens with zero attached hydrogens (tertiary/aromatic N) is 2. The molecule has 0 radical (unpaired) electrons. The number of halogens is 1. The highest BCUT2D eigenvalue weighted by molar-refractivity contribution is 6.30. The van der Waals surface area contributed by atoms with Crippen molar-refractivity contribution in [1.82, 2.24) is 15.5 Å². The topological polar surface area (TPSA) is 61.0 Å². The molecule has 1 fully saturated rings. The second-order valence-electron chi connectivity index (χ2n) is 4.71. The molecule has 104 valence electrons. The van der Waals surface area contributed by atoms with Crippen molar-refractivity contribution < 1.29 is 0 Å². The van der Waals surface area contributed by atoms with Gasteiger partial charge in [-0.3, -0.25) is 4.79 Å². The number of benzene rings is 1. The van der Waals surface area contributed by atoms with Crippen LogP contribution in [0.25, 0.3) is 11.3 Å². The van der Waals surface area contributed by atoms with Crippen LogP contribution >= 0.6 is 11.6 Å². The molecular formula is C14H15ClN4O. The summed E-state index contributed by atoms with van der Waals surface area (Å²) in [5.74, 6) is 0. The summed E-state index contributed by atoms with van der Waals surface area (Å²) in [6.07, 6.45) is 0. The van der Waals surface area contributed by atoms with Crippen molar-refractivity contribution >= 4 is 17.3 Å². The molecule has 5 nitrogen and oxygen atoms in total. The summed E-state index contributed by atoms with van der Waals surface area (Å²) in [4.78, 5) is 13.8. The second-order valence-corrected chi connectivity index (χ2v) is 5.15. The average molecular weight is 291 g/mol. The van der Waals surface area contributed by atoms with Crippen LogP contribution in [-0.2, 0) is 0 Å². The Morgan fingerprint density at radius 2 is 1.85 bits per heavy atom. The molecule has 1 aliphatic rings. The molecule has 1 aromatic carbocycles. The van der Waals surface area contributed by atoms with Crippen LogP contribution in [-0.4, -0.2) is 36.4 Å². The number of anilines is 1. The van der Waals surface area contributed by atoms with Crippen LogP contribution in [0.1, 0.15) is 0 Å². The van der Waals surface area contributed by atoms with Crippen LogP contribution in [0.15, 0.2) is 35.1 Å². The summed E-state index contributed by atoms with van der Waals surface area (Å²) in [6, 6.07) is 9.09. The summed E-state index contributed by atoms with van der Waals surface area (Å²) in [5, 5.41) is 10.7. The third-order valence-corrected chi connectivity index (χ3v) is 3.62. The van der Waals surface area contributed by atoms with Gasteiger partial charge in [0.25, 0.3) is 5.56 Å². The lowest BCUT2D eigenvalue weighted by atomic mass is 10.1. The van der Waals surface area contributed by atoms with Gasteiger partial charge in [0.15, 0.2) is 0 Å². The highest BCUT2D eigenvalue weighted by Gasteiger charge is 2.17. The first-order chi connectivity index (χ1) is 9.74. The van der Waals surface area contributed by atoms with Crippen LogP contribution in [0, 0.1) is 0 Å². The molecule has 0 aliphatic carbocycles. The van der Waals surface area contributed by atoms with Gasteiger partial charge in [-0.05, 0) is 12.1 Å². The highest BCUT2D eigenvalue weighted by atomic mass is 35.5. The standard InChI is InChI=1S/C14H15ClN4O/c15-11-3-1-10(2-4-11)14-12(9-13(20)17-18-14)19-7-5-16-6-8-19/h1-4,9,16H,5-8H2,(H,17,20). The van der Waals surface area contributed by atoms with Crippen molar-refractivity contribution in [3.05, 3.63) is 45.7 Å². The van der Waals surface area contributed by atoms with E-state index < -0.39 is 0 Å². The maximum Gasteiger partial charge on any atom is 0.266 e. The molecule has 2 aromatic rings. The van der Waals surface area contributed by atoms with E-state index in [9.17, 15) is 4.79 Å². The van der Waals surface area contributed by atoms with Crippen LogP contribution < -0.4 is 15.8 Å². The quantitative estimate of drug-likeness (QED) is 0.880. The third-order valence-electron chi connectivity index (χ3n) is 3.36. The van der Waals surface area contributed by atoms with Gasteiger partial charge < -0.3 is 10.2 Å². The Hall–Kier alpha value is -1.85. The van der Waals surface area contributed by atoms with E-state index in [1.54, 1.807) is 6.07 Å². The minimum atomic E-state index is -0.184. The van der Waals surface area contributed by atoms with E-state index in [4.69, 9.17) is 11.6 Å². The molecule has 20 heavy (non-hydrogen) atoms. The number of aromatic amines is 1. The molecule has 0 saturated carbocycles. The fourth-order valence-electron chi connectivity index (χ4n) is 2.36. The first-order valence-corrected chi connectivity index (χ1v) is 6.93. The molecule has 1 aromatic heterocycles. The number of hydrogen-bond donors (Lipinski definition) is 2. The Labute approximate surface area is 121 Å². The molecule has 2 N–H and O–H groups in total. The lowest BCUT2D eigenvalue weighted by molar-refractivity contribution is 0.588. The Morgan fingerprint density at radius 3 is 2.55 bits per heavy atom. The number of hydrogen-bond acceptors (Lipinski definition) is 4.